The molecule has 0 saturated carbocycles. The maximum atomic E-state index is 7.53. The highest BCUT2D eigenvalue weighted by Crippen LogP contribution is 2.41. The second-order valence-electron chi connectivity index (χ2n) is 17.6. The van der Waals surface area contributed by atoms with E-state index in [9.17, 15) is 0 Å². The van der Waals surface area contributed by atoms with Crippen LogP contribution >= 0.6 is 0 Å². The monoisotopic (exact) mass is 858 g/mol. The normalized spacial score (nSPS) is 11.6. The molecule has 2 heterocycles. The van der Waals surface area contributed by atoms with Gasteiger partial charge in [-0.3, -0.25) is 0 Å². The summed E-state index contributed by atoms with van der Waals surface area (Å²) < 4.78 is 4.35. The van der Waals surface area contributed by atoms with Crippen LogP contribution in [-0.4, -0.2) is 64.1 Å². The van der Waals surface area contributed by atoms with Gasteiger partial charge in [0.25, 0.3) is 0 Å². The third kappa shape index (κ3) is 6.73. The number of nitrogens with zero attached hydrogens (tertiary/aromatic N) is 2. The lowest BCUT2D eigenvalue weighted by atomic mass is 9.64. The molecular weight excluding hydrogens is 824 g/mol. The van der Waals surface area contributed by atoms with Crippen LogP contribution in [0.2, 0.25) is 0 Å². The molecule has 0 bridgehead atoms. The molecule has 14 radical (unpaired) electrons. The van der Waals surface area contributed by atoms with Crippen LogP contribution in [0.3, 0.4) is 0 Å². The molecule has 9 heteroatoms. The van der Waals surface area contributed by atoms with Crippen LogP contribution < -0.4 is 38.2 Å². The highest BCUT2D eigenvalue weighted by Gasteiger charge is 2.26. The van der Waals surface area contributed by atoms with E-state index in [2.05, 4.69) is 156 Å². The van der Waals surface area contributed by atoms with Gasteiger partial charge in [0, 0.05) is 38.3 Å². The molecule has 304 valence electrons. The largest absolute Gasteiger partial charge is 0.310 e. The minimum atomic E-state index is 0.165. The van der Waals surface area contributed by atoms with E-state index in [-0.39, 0.29) is 21.9 Å². The van der Waals surface area contributed by atoms with Crippen molar-refractivity contribution >= 4 is 137 Å². The third-order valence-corrected chi connectivity index (χ3v) is 13.7. The van der Waals surface area contributed by atoms with Crippen molar-refractivity contribution in [1.29, 1.82) is 0 Å². The fourth-order valence-corrected chi connectivity index (χ4v) is 10.4. The van der Waals surface area contributed by atoms with Gasteiger partial charge in [0.05, 0.1) is 22.4 Å². The molecule has 2 nitrogen and oxygen atoms in total. The van der Waals surface area contributed by atoms with Crippen molar-refractivity contribution in [2.45, 2.75) is 0 Å². The van der Waals surface area contributed by atoms with Crippen LogP contribution in [0.25, 0.3) is 111 Å². The van der Waals surface area contributed by atoms with Gasteiger partial charge in [-0.05, 0) is 86.3 Å². The molecule has 0 aliphatic rings. The first-order valence-corrected chi connectivity index (χ1v) is 22.8. The summed E-state index contributed by atoms with van der Waals surface area (Å²) in [6, 6.07) is 69.2. The summed E-state index contributed by atoms with van der Waals surface area (Å²) in [5.74, 6) is 0. The highest BCUT2D eigenvalue weighted by molar-refractivity contribution is 6.69. The molecule has 0 spiro atoms. The van der Waals surface area contributed by atoms with Crippen molar-refractivity contribution in [2.24, 2.45) is 0 Å². The lowest BCUT2D eigenvalue weighted by Crippen LogP contribution is -2.48. The lowest BCUT2D eigenvalue weighted by molar-refractivity contribution is 1.18. The van der Waals surface area contributed by atoms with E-state index in [0.717, 1.165) is 83.3 Å². The average molecular weight is 858 g/mol. The summed E-state index contributed by atoms with van der Waals surface area (Å²) in [4.78, 5) is 0. The van der Waals surface area contributed by atoms with Gasteiger partial charge in [0.1, 0.15) is 54.9 Å². The minimum absolute atomic E-state index is 0.165. The molecule has 0 saturated heterocycles. The number of benzene rings is 10. The van der Waals surface area contributed by atoms with Crippen molar-refractivity contribution < 1.29 is 0 Å². The Balaban J connectivity index is 1.15. The van der Waals surface area contributed by atoms with E-state index in [0.29, 0.717) is 43.8 Å². The molecule has 0 unspecified atom stereocenters. The zero-order valence-corrected chi connectivity index (χ0v) is 37.5. The molecule has 0 aliphatic heterocycles. The number of aromatic nitrogens is 2. The molecule has 0 amide bonds. The molecule has 0 aliphatic carbocycles. The van der Waals surface area contributed by atoms with Crippen LogP contribution in [0, 0.1) is 0 Å². The fourth-order valence-electron chi connectivity index (χ4n) is 10.4. The van der Waals surface area contributed by atoms with Crippen LogP contribution in [0.1, 0.15) is 0 Å². The number of para-hydroxylation sites is 1. The SMILES string of the molecule is [B]c1c([B])c([B])c2c(c1[B])c1c([B])c(-c3ccc4c(c3)c3ccc(-c5ccccc5)cc3n4-c3ccccc3-c3ccccc3)c([B])c([B])c1n2-c1ccc(-c2ccccc2)cc1-c1ccccc1. The van der Waals surface area contributed by atoms with Crippen molar-refractivity contribution in [2.75, 3.05) is 0 Å². The van der Waals surface area contributed by atoms with E-state index in [1.807, 2.05) is 53.1 Å². The van der Waals surface area contributed by atoms with Crippen molar-refractivity contribution in [1.82, 2.24) is 9.13 Å². The second kappa shape index (κ2) is 16.8. The fraction of sp³-hybridized carbons (Fsp3) is 0. The zero-order chi connectivity index (χ0) is 47.1. The second-order valence-corrected chi connectivity index (χ2v) is 17.6. The Labute approximate surface area is 410 Å². The Morgan fingerprint density at radius 3 is 1.38 bits per heavy atom. The summed E-state index contributed by atoms with van der Waals surface area (Å²) in [5, 5.41) is 3.18. The van der Waals surface area contributed by atoms with E-state index in [1.54, 1.807) is 0 Å². The molecule has 0 atom stereocenters. The van der Waals surface area contributed by atoms with Crippen LogP contribution in [0.15, 0.2) is 200 Å². The Hall–Kier alpha value is -7.75. The molecule has 0 N–H and O–H groups in total. The molecule has 69 heavy (non-hydrogen) atoms. The standard InChI is InChI=1S/C60H33B7N2/c61-52-49(40-27-30-47-44(32-40)42-28-25-39(35-17-7-2-8-18-35)33-48(42)68(47)45-24-14-13-23-41(45)36-19-9-3-10-20-36)53(62)57(66)59-50(52)51-54(63)55(64)56(65)58(67)60(51)69(59)46-29-26-38(34-15-5-1-6-16-34)31-43(46)37-21-11-4-12-22-37/h1-33H. The van der Waals surface area contributed by atoms with E-state index >= 15 is 0 Å². The Kier molecular flexibility index (Phi) is 10.4. The topological polar surface area (TPSA) is 9.86 Å². The van der Waals surface area contributed by atoms with Crippen molar-refractivity contribution in [3.63, 3.8) is 0 Å². The van der Waals surface area contributed by atoms with Gasteiger partial charge in [-0.2, -0.15) is 0 Å². The Bertz CT molecular complexity index is 4010. The summed E-state index contributed by atoms with van der Waals surface area (Å²) in [5.41, 5.74) is 16.6. The molecule has 12 aromatic rings. The quantitative estimate of drug-likeness (QED) is 0.145. The summed E-state index contributed by atoms with van der Waals surface area (Å²) in [7, 11) is 49.7. The van der Waals surface area contributed by atoms with Gasteiger partial charge in [-0.15, -0.1) is 10.9 Å². The predicted octanol–water partition coefficient (Wildman–Crippen LogP) is 7.77. The van der Waals surface area contributed by atoms with E-state index < -0.39 is 0 Å². The molecule has 12 rings (SSSR count). The summed E-state index contributed by atoms with van der Waals surface area (Å²) >= 11 is 0. The minimum Gasteiger partial charge on any atom is -0.310 e. The van der Waals surface area contributed by atoms with Crippen molar-refractivity contribution in [3.8, 4) is 67.0 Å². The molecule has 10 aromatic carbocycles. The lowest BCUT2D eigenvalue weighted by Gasteiger charge is -2.21. The van der Waals surface area contributed by atoms with Gasteiger partial charge in [0.15, 0.2) is 0 Å². The van der Waals surface area contributed by atoms with Gasteiger partial charge >= 0.3 is 0 Å². The van der Waals surface area contributed by atoms with E-state index in [4.69, 9.17) is 54.9 Å². The molecule has 0 fully saturated rings. The molecule has 2 aromatic heterocycles. The maximum absolute atomic E-state index is 7.53. The van der Waals surface area contributed by atoms with Gasteiger partial charge in [-0.1, -0.05) is 191 Å². The van der Waals surface area contributed by atoms with Crippen molar-refractivity contribution in [3.05, 3.63) is 200 Å². The number of hydrogen-bond donors (Lipinski definition) is 0. The van der Waals surface area contributed by atoms with Gasteiger partial charge in [-0.25, -0.2) is 0 Å². The number of fused-ring (bicyclic) bond motifs is 6. The van der Waals surface area contributed by atoms with Gasteiger partial charge in [0.2, 0.25) is 0 Å². The van der Waals surface area contributed by atoms with Crippen LogP contribution in [-0.2, 0) is 0 Å². The Morgan fingerprint density at radius 2 is 0.739 bits per heavy atom. The average Bonchev–Trinajstić information content (AvgIpc) is 3.93. The third-order valence-electron chi connectivity index (χ3n) is 13.7. The summed E-state index contributed by atoms with van der Waals surface area (Å²) in [6.07, 6.45) is 0. The first kappa shape index (κ1) is 42.6. The highest BCUT2D eigenvalue weighted by atomic mass is 15.0. The first-order chi connectivity index (χ1) is 33.7. The van der Waals surface area contributed by atoms with Gasteiger partial charge < -0.3 is 9.13 Å². The predicted molar refractivity (Wildman–Crippen MR) is 300 cm³/mol. The molecular formula is C60H33B7N2. The number of hydrogen-bond acceptors (Lipinski definition) is 0. The smallest absolute Gasteiger partial charge is 0.115 e. The van der Waals surface area contributed by atoms with Crippen LogP contribution in [0.4, 0.5) is 0 Å². The summed E-state index contributed by atoms with van der Waals surface area (Å²) in [6.45, 7) is 0. The van der Waals surface area contributed by atoms with E-state index in [1.165, 1.54) is 0 Å². The number of rotatable bonds is 7. The van der Waals surface area contributed by atoms with Crippen LogP contribution in [0.5, 0.6) is 0 Å². The Morgan fingerprint density at radius 1 is 0.261 bits per heavy atom. The zero-order valence-electron chi connectivity index (χ0n) is 37.5. The maximum Gasteiger partial charge on any atom is 0.115 e. The first-order valence-electron chi connectivity index (χ1n) is 22.8.